The number of pyridine rings is 1. The number of methoxy groups -OCH3 is 1. The Kier molecular flexibility index (Phi) is 6.27. The van der Waals surface area contributed by atoms with E-state index in [1.165, 1.54) is 12.1 Å². The minimum absolute atomic E-state index is 0.00328. The van der Waals surface area contributed by atoms with Gasteiger partial charge in [-0.05, 0) is 54.4 Å². The molecule has 4 rings (SSSR count). The Labute approximate surface area is 184 Å². The van der Waals surface area contributed by atoms with Crippen molar-refractivity contribution >= 4 is 11.3 Å². The summed E-state index contributed by atoms with van der Waals surface area (Å²) in [5.41, 5.74) is 2.73. The van der Waals surface area contributed by atoms with Crippen LogP contribution in [0.4, 0.5) is 5.69 Å². The molecule has 2 heterocycles. The normalized spacial score (nSPS) is 11.9. The van der Waals surface area contributed by atoms with Crippen LogP contribution in [-0.2, 0) is 13.2 Å². The Morgan fingerprint density at radius 1 is 1.06 bits per heavy atom. The van der Waals surface area contributed by atoms with Crippen LogP contribution in [0.1, 0.15) is 29.9 Å². The number of hydrogen-bond acceptors (Lipinski definition) is 7. The van der Waals surface area contributed by atoms with Crippen molar-refractivity contribution in [3.05, 3.63) is 93.9 Å². The van der Waals surface area contributed by atoms with Crippen molar-refractivity contribution in [2.45, 2.75) is 26.1 Å². The Balaban J connectivity index is 1.39. The number of fused-ring (bicyclic) bond motifs is 1. The first kappa shape index (κ1) is 21.3. The molecule has 0 aliphatic heterocycles. The van der Waals surface area contributed by atoms with E-state index in [-0.39, 0.29) is 18.3 Å². The highest BCUT2D eigenvalue weighted by molar-refractivity contribution is 5.43. The summed E-state index contributed by atoms with van der Waals surface area (Å²) >= 11 is 0. The summed E-state index contributed by atoms with van der Waals surface area (Å²) in [6.07, 6.45) is 1.95. The molecule has 1 N–H and O–H groups in total. The molecule has 0 aliphatic carbocycles. The van der Waals surface area contributed by atoms with E-state index in [4.69, 9.17) is 9.47 Å². The standard InChI is InChI=1S/C23H23N5O4/c1-16(23-26-25-22-5-3-4-12-27(22)23)24-14-18-8-11-20(21(13-18)31-2)32-15-17-6-9-19(10-7-17)28(29)30/h3-13,16,24H,14-15H2,1-2H3. The SMILES string of the molecule is COc1cc(CNC(C)c2nnc3ccccn23)ccc1OCc1ccc([N+](=O)[O-])cc1. The van der Waals surface area contributed by atoms with Gasteiger partial charge in [0, 0.05) is 24.9 Å². The van der Waals surface area contributed by atoms with Crippen LogP contribution in [0.25, 0.3) is 5.65 Å². The third-order valence-electron chi connectivity index (χ3n) is 5.11. The second-order valence-corrected chi connectivity index (χ2v) is 7.29. The fraction of sp³-hybridized carbons (Fsp3) is 0.217. The first-order valence-electron chi connectivity index (χ1n) is 10.1. The number of ether oxygens (including phenoxy) is 2. The van der Waals surface area contributed by atoms with Crippen LogP contribution in [0, 0.1) is 10.1 Å². The molecular weight excluding hydrogens is 410 g/mol. The second kappa shape index (κ2) is 9.44. The molecule has 9 heteroatoms. The van der Waals surface area contributed by atoms with E-state index in [1.807, 2.05) is 53.9 Å². The summed E-state index contributed by atoms with van der Waals surface area (Å²) in [5, 5.41) is 22.7. The van der Waals surface area contributed by atoms with Crippen molar-refractivity contribution in [1.82, 2.24) is 19.9 Å². The molecule has 2 aromatic heterocycles. The molecule has 0 saturated heterocycles. The Bertz CT molecular complexity index is 1220. The predicted octanol–water partition coefficient (Wildman–Crippen LogP) is 4.08. The van der Waals surface area contributed by atoms with Crippen molar-refractivity contribution in [1.29, 1.82) is 0 Å². The van der Waals surface area contributed by atoms with Gasteiger partial charge in [-0.1, -0.05) is 12.1 Å². The zero-order valence-corrected chi connectivity index (χ0v) is 17.8. The molecule has 164 valence electrons. The molecular formula is C23H23N5O4. The summed E-state index contributed by atoms with van der Waals surface area (Å²) in [4.78, 5) is 10.3. The lowest BCUT2D eigenvalue weighted by molar-refractivity contribution is -0.384. The zero-order valence-electron chi connectivity index (χ0n) is 17.8. The van der Waals surface area contributed by atoms with Crippen LogP contribution in [0.5, 0.6) is 11.5 Å². The molecule has 0 saturated carbocycles. The smallest absolute Gasteiger partial charge is 0.269 e. The number of rotatable bonds is 9. The summed E-state index contributed by atoms with van der Waals surface area (Å²) in [6.45, 7) is 2.94. The Morgan fingerprint density at radius 2 is 1.84 bits per heavy atom. The maximum Gasteiger partial charge on any atom is 0.269 e. The average Bonchev–Trinajstić information content (AvgIpc) is 3.26. The number of nitro groups is 1. The van der Waals surface area contributed by atoms with Gasteiger partial charge in [0.15, 0.2) is 23.0 Å². The van der Waals surface area contributed by atoms with E-state index < -0.39 is 4.92 Å². The number of hydrogen-bond donors (Lipinski definition) is 1. The van der Waals surface area contributed by atoms with Gasteiger partial charge < -0.3 is 14.8 Å². The molecule has 0 fully saturated rings. The minimum atomic E-state index is -0.424. The van der Waals surface area contributed by atoms with E-state index in [1.54, 1.807) is 19.2 Å². The van der Waals surface area contributed by atoms with Crippen LogP contribution in [-0.4, -0.2) is 26.6 Å². The van der Waals surface area contributed by atoms with Gasteiger partial charge >= 0.3 is 0 Å². The van der Waals surface area contributed by atoms with E-state index in [9.17, 15) is 10.1 Å². The lowest BCUT2D eigenvalue weighted by Gasteiger charge is -2.15. The highest BCUT2D eigenvalue weighted by atomic mass is 16.6. The molecule has 2 aromatic carbocycles. The fourth-order valence-electron chi connectivity index (χ4n) is 3.33. The number of nitro benzene ring substituents is 1. The van der Waals surface area contributed by atoms with Gasteiger partial charge in [0.05, 0.1) is 18.1 Å². The number of aromatic nitrogens is 3. The average molecular weight is 433 g/mol. The van der Waals surface area contributed by atoms with Crippen molar-refractivity contribution in [3.8, 4) is 11.5 Å². The highest BCUT2D eigenvalue weighted by Gasteiger charge is 2.14. The van der Waals surface area contributed by atoms with Crippen LogP contribution < -0.4 is 14.8 Å². The van der Waals surface area contributed by atoms with E-state index in [2.05, 4.69) is 15.5 Å². The number of non-ortho nitro benzene ring substituents is 1. The van der Waals surface area contributed by atoms with Gasteiger partial charge in [-0.3, -0.25) is 14.5 Å². The lowest BCUT2D eigenvalue weighted by atomic mass is 10.2. The van der Waals surface area contributed by atoms with E-state index in [0.29, 0.717) is 18.0 Å². The first-order valence-corrected chi connectivity index (χ1v) is 10.1. The number of benzene rings is 2. The topological polar surface area (TPSA) is 104 Å². The monoisotopic (exact) mass is 433 g/mol. The largest absolute Gasteiger partial charge is 0.493 e. The summed E-state index contributed by atoms with van der Waals surface area (Å²) in [7, 11) is 1.59. The molecule has 0 amide bonds. The lowest BCUT2D eigenvalue weighted by Crippen LogP contribution is -2.20. The number of nitrogens with zero attached hydrogens (tertiary/aromatic N) is 4. The third-order valence-corrected chi connectivity index (χ3v) is 5.11. The zero-order chi connectivity index (χ0) is 22.5. The summed E-state index contributed by atoms with van der Waals surface area (Å²) in [5.74, 6) is 2.06. The highest BCUT2D eigenvalue weighted by Crippen LogP contribution is 2.29. The second-order valence-electron chi connectivity index (χ2n) is 7.29. The third kappa shape index (κ3) is 4.68. The quantitative estimate of drug-likeness (QED) is 0.313. The van der Waals surface area contributed by atoms with Gasteiger partial charge in [-0.15, -0.1) is 10.2 Å². The van der Waals surface area contributed by atoms with E-state index >= 15 is 0 Å². The van der Waals surface area contributed by atoms with Crippen molar-refractivity contribution in [3.63, 3.8) is 0 Å². The molecule has 1 atom stereocenters. The van der Waals surface area contributed by atoms with Crippen molar-refractivity contribution < 1.29 is 14.4 Å². The van der Waals surface area contributed by atoms with Crippen LogP contribution in [0.3, 0.4) is 0 Å². The Hall–Kier alpha value is -3.98. The van der Waals surface area contributed by atoms with Gasteiger partial charge in [-0.25, -0.2) is 0 Å². The molecule has 32 heavy (non-hydrogen) atoms. The predicted molar refractivity (Wildman–Crippen MR) is 119 cm³/mol. The van der Waals surface area contributed by atoms with Gasteiger partial charge in [-0.2, -0.15) is 0 Å². The van der Waals surface area contributed by atoms with Crippen LogP contribution in [0.15, 0.2) is 66.9 Å². The van der Waals surface area contributed by atoms with Gasteiger partial charge in [0.1, 0.15) is 6.61 Å². The summed E-state index contributed by atoms with van der Waals surface area (Å²) < 4.78 is 13.3. The van der Waals surface area contributed by atoms with Crippen LogP contribution in [0.2, 0.25) is 0 Å². The minimum Gasteiger partial charge on any atom is -0.493 e. The van der Waals surface area contributed by atoms with Crippen molar-refractivity contribution in [2.24, 2.45) is 0 Å². The Morgan fingerprint density at radius 3 is 2.59 bits per heavy atom. The molecule has 4 aromatic rings. The maximum absolute atomic E-state index is 10.8. The molecule has 9 nitrogen and oxygen atoms in total. The maximum atomic E-state index is 10.8. The summed E-state index contributed by atoms with van der Waals surface area (Å²) in [6, 6.07) is 17.8. The molecule has 0 bridgehead atoms. The number of nitrogens with one attached hydrogen (secondary N) is 1. The fourth-order valence-corrected chi connectivity index (χ4v) is 3.33. The molecule has 1 unspecified atom stereocenters. The first-order chi connectivity index (χ1) is 15.5. The van der Waals surface area contributed by atoms with Crippen LogP contribution >= 0.6 is 0 Å². The van der Waals surface area contributed by atoms with Gasteiger partial charge in [0.25, 0.3) is 5.69 Å². The molecule has 0 spiro atoms. The van der Waals surface area contributed by atoms with E-state index in [0.717, 1.165) is 22.6 Å². The molecule has 0 radical (unpaired) electrons. The van der Waals surface area contributed by atoms with Gasteiger partial charge in [0.2, 0.25) is 0 Å². The van der Waals surface area contributed by atoms with Crippen molar-refractivity contribution in [2.75, 3.05) is 7.11 Å². The molecule has 0 aliphatic rings.